The fourth-order valence-electron chi connectivity index (χ4n) is 2.19. The number of alkyl carbamates (subject to hydrolysis) is 1. The van der Waals surface area contributed by atoms with Crippen molar-refractivity contribution in [2.75, 3.05) is 30.4 Å². The van der Waals surface area contributed by atoms with Gasteiger partial charge in [-0.15, -0.1) is 11.6 Å². The minimum atomic E-state index is -0.430. The first-order valence-corrected chi connectivity index (χ1v) is 8.61. The van der Waals surface area contributed by atoms with E-state index in [2.05, 4.69) is 10.2 Å². The Labute approximate surface area is 152 Å². The van der Waals surface area contributed by atoms with E-state index in [1.165, 1.54) is 0 Å². The summed E-state index contributed by atoms with van der Waals surface area (Å²) < 4.78 is 5.18. The molecular weight excluding hydrogens is 347 g/mol. The van der Waals surface area contributed by atoms with Crippen molar-refractivity contribution in [3.8, 4) is 0 Å². The summed E-state index contributed by atoms with van der Waals surface area (Å²) in [6, 6.07) is 17.1. The van der Waals surface area contributed by atoms with Crippen LogP contribution in [0.1, 0.15) is 5.56 Å². The SMILES string of the molecule is O=C(NCCN(CCCl)c1ccc(Cl)cc1)OCc1ccccc1. The number of nitrogens with zero attached hydrogens (tertiary/aromatic N) is 1. The Bertz CT molecular complexity index is 621. The van der Waals surface area contributed by atoms with Gasteiger partial charge >= 0.3 is 6.09 Å². The predicted molar refractivity (Wildman–Crippen MR) is 99.0 cm³/mol. The topological polar surface area (TPSA) is 41.6 Å². The third-order valence-corrected chi connectivity index (χ3v) is 3.83. The van der Waals surface area contributed by atoms with Crippen LogP contribution >= 0.6 is 23.2 Å². The van der Waals surface area contributed by atoms with E-state index in [1.54, 1.807) is 0 Å². The zero-order chi connectivity index (χ0) is 17.2. The Morgan fingerprint density at radius 1 is 1.04 bits per heavy atom. The summed E-state index contributed by atoms with van der Waals surface area (Å²) in [6.45, 7) is 2.04. The van der Waals surface area contributed by atoms with Gasteiger partial charge in [0.15, 0.2) is 0 Å². The first-order valence-electron chi connectivity index (χ1n) is 7.70. The molecule has 128 valence electrons. The van der Waals surface area contributed by atoms with Crippen molar-refractivity contribution in [3.05, 3.63) is 65.2 Å². The monoisotopic (exact) mass is 366 g/mol. The quantitative estimate of drug-likeness (QED) is 0.707. The largest absolute Gasteiger partial charge is 0.445 e. The number of rotatable bonds is 8. The molecule has 0 radical (unpaired) electrons. The number of carbonyl (C=O) groups is 1. The van der Waals surface area contributed by atoms with Crippen LogP contribution in [0.2, 0.25) is 5.02 Å². The van der Waals surface area contributed by atoms with E-state index in [9.17, 15) is 4.79 Å². The van der Waals surface area contributed by atoms with Gasteiger partial charge in [0.2, 0.25) is 0 Å². The van der Waals surface area contributed by atoms with Crippen LogP contribution in [0.5, 0.6) is 0 Å². The first-order chi connectivity index (χ1) is 11.7. The molecule has 0 aliphatic carbocycles. The smallest absolute Gasteiger partial charge is 0.407 e. The maximum absolute atomic E-state index is 11.7. The fraction of sp³-hybridized carbons (Fsp3) is 0.278. The molecule has 0 spiro atoms. The molecule has 1 N–H and O–H groups in total. The Balaban J connectivity index is 1.75. The molecule has 0 saturated heterocycles. The van der Waals surface area contributed by atoms with Gasteiger partial charge in [0.25, 0.3) is 0 Å². The van der Waals surface area contributed by atoms with Gasteiger partial charge in [-0.05, 0) is 29.8 Å². The van der Waals surface area contributed by atoms with E-state index in [1.807, 2.05) is 54.6 Å². The van der Waals surface area contributed by atoms with Crippen LogP contribution in [0.4, 0.5) is 10.5 Å². The van der Waals surface area contributed by atoms with Crippen LogP contribution in [0.15, 0.2) is 54.6 Å². The van der Waals surface area contributed by atoms with Crippen molar-refractivity contribution in [2.45, 2.75) is 6.61 Å². The first kappa shape index (κ1) is 18.4. The third kappa shape index (κ3) is 6.30. The summed E-state index contributed by atoms with van der Waals surface area (Å²) in [5.74, 6) is 0.501. The van der Waals surface area contributed by atoms with E-state index in [-0.39, 0.29) is 6.61 Å². The van der Waals surface area contributed by atoms with E-state index in [4.69, 9.17) is 27.9 Å². The lowest BCUT2D eigenvalue weighted by Gasteiger charge is -2.24. The molecule has 2 aromatic rings. The van der Waals surface area contributed by atoms with Gasteiger partial charge in [0.05, 0.1) is 0 Å². The highest BCUT2D eigenvalue weighted by atomic mass is 35.5. The number of amides is 1. The molecular formula is C18H20Cl2N2O2. The molecule has 4 nitrogen and oxygen atoms in total. The summed E-state index contributed by atoms with van der Waals surface area (Å²) in [7, 11) is 0. The van der Waals surface area contributed by atoms with E-state index < -0.39 is 6.09 Å². The molecule has 0 unspecified atom stereocenters. The standard InChI is InChI=1S/C18H20Cl2N2O2/c19-10-12-22(17-8-6-16(20)7-9-17)13-11-21-18(23)24-14-15-4-2-1-3-5-15/h1-9H,10-14H2,(H,21,23). The van der Waals surface area contributed by atoms with Gasteiger partial charge in [0, 0.05) is 36.2 Å². The van der Waals surface area contributed by atoms with Crippen molar-refractivity contribution in [2.24, 2.45) is 0 Å². The maximum atomic E-state index is 11.7. The van der Waals surface area contributed by atoms with Crippen LogP contribution in [0.25, 0.3) is 0 Å². The number of alkyl halides is 1. The summed E-state index contributed by atoms with van der Waals surface area (Å²) >= 11 is 11.8. The summed E-state index contributed by atoms with van der Waals surface area (Å²) in [5.41, 5.74) is 1.97. The average Bonchev–Trinajstić information content (AvgIpc) is 2.61. The number of hydrogen-bond acceptors (Lipinski definition) is 3. The molecule has 0 bridgehead atoms. The van der Waals surface area contributed by atoms with Crippen molar-refractivity contribution in [3.63, 3.8) is 0 Å². The summed E-state index contributed by atoms with van der Waals surface area (Å²) in [6.07, 6.45) is -0.430. The molecule has 0 aromatic heterocycles. The number of halogens is 2. The number of carbonyl (C=O) groups excluding carboxylic acids is 1. The van der Waals surface area contributed by atoms with Gasteiger partial charge in [0.1, 0.15) is 6.61 Å². The number of hydrogen-bond donors (Lipinski definition) is 1. The predicted octanol–water partition coefficient (Wildman–Crippen LogP) is 4.31. The molecule has 2 aromatic carbocycles. The average molecular weight is 367 g/mol. The van der Waals surface area contributed by atoms with Gasteiger partial charge in [-0.2, -0.15) is 0 Å². The van der Waals surface area contributed by atoms with E-state index in [0.717, 1.165) is 11.3 Å². The van der Waals surface area contributed by atoms with Crippen LogP contribution in [0.3, 0.4) is 0 Å². The Morgan fingerprint density at radius 2 is 1.75 bits per heavy atom. The highest BCUT2D eigenvalue weighted by Gasteiger charge is 2.07. The lowest BCUT2D eigenvalue weighted by atomic mass is 10.2. The number of benzene rings is 2. The van der Waals surface area contributed by atoms with E-state index in [0.29, 0.717) is 30.5 Å². The second kappa shape index (κ2) is 10.1. The summed E-state index contributed by atoms with van der Waals surface area (Å²) in [5, 5.41) is 3.44. The van der Waals surface area contributed by atoms with Crippen molar-refractivity contribution >= 4 is 35.0 Å². The zero-order valence-corrected chi connectivity index (χ0v) is 14.8. The minimum Gasteiger partial charge on any atom is -0.445 e. The molecule has 6 heteroatoms. The van der Waals surface area contributed by atoms with Gasteiger partial charge in [-0.25, -0.2) is 4.79 Å². The fourth-order valence-corrected chi connectivity index (χ4v) is 2.52. The van der Waals surface area contributed by atoms with Gasteiger partial charge < -0.3 is 15.0 Å². The van der Waals surface area contributed by atoms with Crippen LogP contribution < -0.4 is 10.2 Å². The maximum Gasteiger partial charge on any atom is 0.407 e. The van der Waals surface area contributed by atoms with Crippen LogP contribution in [-0.4, -0.2) is 31.6 Å². The highest BCUT2D eigenvalue weighted by Crippen LogP contribution is 2.17. The second-order valence-electron chi connectivity index (χ2n) is 5.14. The number of anilines is 1. The van der Waals surface area contributed by atoms with Gasteiger partial charge in [-0.3, -0.25) is 0 Å². The lowest BCUT2D eigenvalue weighted by molar-refractivity contribution is 0.140. The molecule has 0 atom stereocenters. The van der Waals surface area contributed by atoms with Crippen molar-refractivity contribution in [1.29, 1.82) is 0 Å². The highest BCUT2D eigenvalue weighted by molar-refractivity contribution is 6.30. The molecule has 0 heterocycles. The van der Waals surface area contributed by atoms with Gasteiger partial charge in [-0.1, -0.05) is 41.9 Å². The second-order valence-corrected chi connectivity index (χ2v) is 5.96. The molecule has 0 fully saturated rings. The summed E-state index contributed by atoms with van der Waals surface area (Å²) in [4.78, 5) is 13.8. The molecule has 0 aliphatic heterocycles. The van der Waals surface area contributed by atoms with Crippen molar-refractivity contribution in [1.82, 2.24) is 5.32 Å². The molecule has 1 amide bonds. The Morgan fingerprint density at radius 3 is 2.42 bits per heavy atom. The van der Waals surface area contributed by atoms with Crippen LogP contribution in [-0.2, 0) is 11.3 Å². The lowest BCUT2D eigenvalue weighted by Crippen LogP contribution is -2.36. The normalized spacial score (nSPS) is 10.2. The Hall–Kier alpha value is -1.91. The number of ether oxygens (including phenoxy) is 1. The molecule has 0 aliphatic rings. The van der Waals surface area contributed by atoms with Crippen LogP contribution in [0, 0.1) is 0 Å². The van der Waals surface area contributed by atoms with Crippen molar-refractivity contribution < 1.29 is 9.53 Å². The molecule has 2 rings (SSSR count). The molecule has 24 heavy (non-hydrogen) atoms. The number of nitrogens with one attached hydrogen (secondary N) is 1. The molecule has 0 saturated carbocycles. The third-order valence-electron chi connectivity index (χ3n) is 3.41. The zero-order valence-electron chi connectivity index (χ0n) is 13.3. The Kier molecular flexibility index (Phi) is 7.72. The van der Waals surface area contributed by atoms with E-state index >= 15 is 0 Å². The minimum absolute atomic E-state index is 0.259.